The van der Waals surface area contributed by atoms with Crippen LogP contribution < -0.4 is 5.73 Å². The second-order valence-electron chi connectivity index (χ2n) is 6.51. The van der Waals surface area contributed by atoms with Gasteiger partial charge in [0.2, 0.25) is 0 Å². The lowest BCUT2D eigenvalue weighted by atomic mass is 9.79. The lowest BCUT2D eigenvalue weighted by molar-refractivity contribution is 0.0534. The number of nitrogens with one attached hydrogen (secondary N) is 1. The number of hydrogen-bond acceptors (Lipinski definition) is 4. The molecule has 1 atom stereocenters. The Hall–Kier alpha value is -1.63. The fraction of sp³-hybridized carbons (Fsp3) is 0.438. The zero-order valence-electron chi connectivity index (χ0n) is 13.7. The first kappa shape index (κ1) is 20.4. The van der Waals surface area contributed by atoms with Gasteiger partial charge in [-0.1, -0.05) is 13.8 Å². The van der Waals surface area contributed by atoms with Crippen molar-refractivity contribution >= 4 is 30.7 Å². The minimum Gasteiger partial charge on any atom is -0.338 e. The minimum absolute atomic E-state index is 0. The normalized spacial score (nSPS) is 19.1. The third-order valence-electron chi connectivity index (χ3n) is 4.44. The predicted molar refractivity (Wildman–Crippen MR) is 98.6 cm³/mol. The number of carbonyl (C=O) groups is 1. The van der Waals surface area contributed by atoms with Gasteiger partial charge < -0.3 is 10.6 Å². The standard InChI is InChI=1S/C16H21N5O.2ClH/c1-16(2)10-21(8-5-13(16)17)15(22)12-9-19-20-14(12)11-3-6-18-7-4-11;;/h3-4,6-7,9,13H,5,8,10,17H2,1-2H3,(H,19,20);2*1H. The SMILES string of the molecule is CC1(C)CN(C(=O)c2cn[nH]c2-c2ccncc2)CCC1N.Cl.Cl. The molecule has 0 bridgehead atoms. The molecule has 2 aromatic rings. The van der Waals surface area contributed by atoms with Gasteiger partial charge in [0.25, 0.3) is 5.91 Å². The van der Waals surface area contributed by atoms with Gasteiger partial charge in [0.1, 0.15) is 0 Å². The number of nitrogens with zero attached hydrogens (tertiary/aromatic N) is 3. The second kappa shape index (κ2) is 7.96. The Morgan fingerprint density at radius 3 is 2.62 bits per heavy atom. The minimum atomic E-state index is -0.0749. The number of piperidine rings is 1. The van der Waals surface area contributed by atoms with Crippen molar-refractivity contribution in [1.29, 1.82) is 0 Å². The third kappa shape index (κ3) is 3.88. The van der Waals surface area contributed by atoms with Crippen molar-refractivity contribution in [3.63, 3.8) is 0 Å². The maximum atomic E-state index is 12.9. The third-order valence-corrected chi connectivity index (χ3v) is 4.44. The van der Waals surface area contributed by atoms with E-state index in [1.54, 1.807) is 18.6 Å². The molecule has 1 aliphatic rings. The molecular weight excluding hydrogens is 349 g/mol. The first-order valence-electron chi connectivity index (χ1n) is 7.47. The summed E-state index contributed by atoms with van der Waals surface area (Å²) >= 11 is 0. The van der Waals surface area contributed by atoms with Crippen LogP contribution in [-0.2, 0) is 0 Å². The van der Waals surface area contributed by atoms with Crippen molar-refractivity contribution in [2.45, 2.75) is 26.3 Å². The van der Waals surface area contributed by atoms with Crippen molar-refractivity contribution in [3.05, 3.63) is 36.3 Å². The van der Waals surface area contributed by atoms with E-state index < -0.39 is 0 Å². The molecule has 1 unspecified atom stereocenters. The van der Waals surface area contributed by atoms with E-state index in [1.807, 2.05) is 17.0 Å². The Kier molecular flexibility index (Phi) is 6.77. The molecule has 0 spiro atoms. The maximum Gasteiger partial charge on any atom is 0.257 e. The molecule has 24 heavy (non-hydrogen) atoms. The van der Waals surface area contributed by atoms with Crippen LogP contribution >= 0.6 is 24.8 Å². The van der Waals surface area contributed by atoms with E-state index in [0.717, 1.165) is 17.7 Å². The average molecular weight is 372 g/mol. The summed E-state index contributed by atoms with van der Waals surface area (Å²) < 4.78 is 0. The van der Waals surface area contributed by atoms with Crippen LogP contribution in [0.15, 0.2) is 30.7 Å². The molecule has 0 aromatic carbocycles. The summed E-state index contributed by atoms with van der Waals surface area (Å²) in [5, 5.41) is 6.97. The van der Waals surface area contributed by atoms with E-state index in [2.05, 4.69) is 29.0 Å². The smallest absolute Gasteiger partial charge is 0.257 e. The Labute approximate surface area is 154 Å². The fourth-order valence-corrected chi connectivity index (χ4v) is 2.90. The average Bonchev–Trinajstić information content (AvgIpc) is 2.99. The van der Waals surface area contributed by atoms with Gasteiger partial charge in [-0.25, -0.2) is 0 Å². The molecular formula is C16H23Cl2N5O. The summed E-state index contributed by atoms with van der Waals surface area (Å²) in [7, 11) is 0. The van der Waals surface area contributed by atoms with Gasteiger partial charge >= 0.3 is 0 Å². The largest absolute Gasteiger partial charge is 0.338 e. The van der Waals surface area contributed by atoms with Gasteiger partial charge in [-0.3, -0.25) is 14.9 Å². The number of carbonyl (C=O) groups excluding carboxylic acids is 1. The molecule has 6 nitrogen and oxygen atoms in total. The highest BCUT2D eigenvalue weighted by atomic mass is 35.5. The van der Waals surface area contributed by atoms with Crippen LogP contribution in [-0.4, -0.2) is 45.1 Å². The zero-order valence-corrected chi connectivity index (χ0v) is 15.4. The summed E-state index contributed by atoms with van der Waals surface area (Å²) in [5.41, 5.74) is 8.31. The number of hydrogen-bond donors (Lipinski definition) is 2. The molecule has 8 heteroatoms. The second-order valence-corrected chi connectivity index (χ2v) is 6.51. The maximum absolute atomic E-state index is 12.9. The monoisotopic (exact) mass is 371 g/mol. The summed E-state index contributed by atoms with van der Waals surface area (Å²) in [4.78, 5) is 18.7. The number of H-pyrrole nitrogens is 1. The fourth-order valence-electron chi connectivity index (χ4n) is 2.90. The van der Waals surface area contributed by atoms with E-state index in [4.69, 9.17) is 5.73 Å². The number of pyridine rings is 1. The van der Waals surface area contributed by atoms with Crippen molar-refractivity contribution in [2.24, 2.45) is 11.1 Å². The van der Waals surface area contributed by atoms with E-state index in [9.17, 15) is 4.79 Å². The van der Waals surface area contributed by atoms with Crippen molar-refractivity contribution in [2.75, 3.05) is 13.1 Å². The molecule has 1 saturated heterocycles. The van der Waals surface area contributed by atoms with Crippen molar-refractivity contribution < 1.29 is 4.79 Å². The molecule has 0 radical (unpaired) electrons. The lowest BCUT2D eigenvalue weighted by Gasteiger charge is -2.42. The number of aromatic nitrogens is 3. The van der Waals surface area contributed by atoms with Crippen LogP contribution in [0.3, 0.4) is 0 Å². The summed E-state index contributed by atoms with van der Waals surface area (Å²) in [6, 6.07) is 3.85. The van der Waals surface area contributed by atoms with Crippen LogP contribution in [0.5, 0.6) is 0 Å². The van der Waals surface area contributed by atoms with E-state index in [-0.39, 0.29) is 42.2 Å². The molecule has 1 aliphatic heterocycles. The molecule has 3 heterocycles. The van der Waals surface area contributed by atoms with Gasteiger partial charge in [0.15, 0.2) is 0 Å². The van der Waals surface area contributed by atoms with Gasteiger partial charge in [0, 0.05) is 37.1 Å². The molecule has 3 rings (SSSR count). The van der Waals surface area contributed by atoms with Crippen LogP contribution in [0, 0.1) is 5.41 Å². The highest BCUT2D eigenvalue weighted by molar-refractivity contribution is 5.99. The lowest BCUT2D eigenvalue weighted by Crippen LogP contribution is -2.54. The zero-order chi connectivity index (χ0) is 15.7. The van der Waals surface area contributed by atoms with Gasteiger partial charge in [0.05, 0.1) is 17.5 Å². The number of amides is 1. The number of rotatable bonds is 2. The molecule has 1 amide bonds. The van der Waals surface area contributed by atoms with E-state index >= 15 is 0 Å². The van der Waals surface area contributed by atoms with E-state index in [1.165, 1.54) is 0 Å². The number of aromatic amines is 1. The van der Waals surface area contributed by atoms with Crippen molar-refractivity contribution in [1.82, 2.24) is 20.1 Å². The summed E-state index contributed by atoms with van der Waals surface area (Å²) in [6.07, 6.45) is 5.82. The Morgan fingerprint density at radius 1 is 1.33 bits per heavy atom. The van der Waals surface area contributed by atoms with Crippen LogP contribution in [0.25, 0.3) is 11.3 Å². The van der Waals surface area contributed by atoms with E-state index in [0.29, 0.717) is 18.7 Å². The molecule has 0 saturated carbocycles. The van der Waals surface area contributed by atoms with Gasteiger partial charge in [-0.2, -0.15) is 5.10 Å². The molecule has 1 fully saturated rings. The van der Waals surface area contributed by atoms with Crippen LogP contribution in [0.4, 0.5) is 0 Å². The predicted octanol–water partition coefficient (Wildman–Crippen LogP) is 2.51. The first-order valence-corrected chi connectivity index (χ1v) is 7.47. The van der Waals surface area contributed by atoms with Crippen LogP contribution in [0.2, 0.25) is 0 Å². The van der Waals surface area contributed by atoms with Crippen molar-refractivity contribution in [3.8, 4) is 11.3 Å². The number of likely N-dealkylation sites (tertiary alicyclic amines) is 1. The Balaban J connectivity index is 0.00000144. The van der Waals surface area contributed by atoms with Gasteiger partial charge in [-0.05, 0) is 24.0 Å². The summed E-state index contributed by atoms with van der Waals surface area (Å²) in [6.45, 7) is 5.56. The molecule has 2 aromatic heterocycles. The Morgan fingerprint density at radius 2 is 2.00 bits per heavy atom. The van der Waals surface area contributed by atoms with Crippen LogP contribution in [0.1, 0.15) is 30.6 Å². The molecule has 0 aliphatic carbocycles. The quantitative estimate of drug-likeness (QED) is 0.848. The number of halogens is 2. The molecule has 3 N–H and O–H groups in total. The number of nitrogens with two attached hydrogens (primary N) is 1. The topological polar surface area (TPSA) is 87.9 Å². The Bertz CT molecular complexity index is 674. The first-order chi connectivity index (χ1) is 10.5. The highest BCUT2D eigenvalue weighted by Gasteiger charge is 2.36. The molecule has 132 valence electrons. The van der Waals surface area contributed by atoms with Gasteiger partial charge in [-0.15, -0.1) is 24.8 Å². The summed E-state index contributed by atoms with van der Waals surface area (Å²) in [5.74, 6) is 0.000497. The highest BCUT2D eigenvalue weighted by Crippen LogP contribution is 2.30.